The summed E-state index contributed by atoms with van der Waals surface area (Å²) in [5.41, 5.74) is 0.914. The Morgan fingerprint density at radius 2 is 1.59 bits per heavy atom. The maximum absolute atomic E-state index is 11.9. The zero-order valence-electron chi connectivity index (χ0n) is 21.5. The van der Waals surface area contributed by atoms with Gasteiger partial charge in [0.1, 0.15) is 11.7 Å². The van der Waals surface area contributed by atoms with Gasteiger partial charge >= 0.3 is 23.2 Å². The van der Waals surface area contributed by atoms with Crippen LogP contribution in [0.25, 0.3) is 5.57 Å². The molecule has 0 saturated carbocycles. The maximum atomic E-state index is 11.9. The number of hydrogen-bond donors (Lipinski definition) is 0. The Labute approximate surface area is 212 Å². The van der Waals surface area contributed by atoms with Crippen LogP contribution < -0.4 is 11.1 Å². The first-order valence-electron chi connectivity index (χ1n) is 11.4. The van der Waals surface area contributed by atoms with Gasteiger partial charge in [-0.1, -0.05) is 5.57 Å². The van der Waals surface area contributed by atoms with E-state index in [-0.39, 0.29) is 23.7 Å². The zero-order chi connectivity index (χ0) is 28.0. The third-order valence-corrected chi connectivity index (χ3v) is 5.68. The lowest BCUT2D eigenvalue weighted by molar-refractivity contribution is -0.387. The van der Waals surface area contributed by atoms with Crippen molar-refractivity contribution in [1.29, 1.82) is 0 Å². The van der Waals surface area contributed by atoms with Crippen LogP contribution in [-0.2, 0) is 44.4 Å². The summed E-state index contributed by atoms with van der Waals surface area (Å²) < 4.78 is 12.3. The predicted molar refractivity (Wildman–Crippen MR) is 133 cm³/mol. The molecule has 198 valence electrons. The molecule has 0 aliphatic heterocycles. The first-order chi connectivity index (χ1) is 17.4. The molecule has 0 N–H and O–H groups in total. The average molecular weight is 516 g/mol. The highest BCUT2D eigenvalue weighted by Crippen LogP contribution is 2.31. The fourth-order valence-electron chi connectivity index (χ4n) is 3.94. The van der Waals surface area contributed by atoms with Crippen molar-refractivity contribution in [3.05, 3.63) is 77.6 Å². The van der Waals surface area contributed by atoms with Gasteiger partial charge in [0.15, 0.2) is 0 Å². The summed E-state index contributed by atoms with van der Waals surface area (Å²) in [7, 11) is 3.05. The van der Waals surface area contributed by atoms with Crippen molar-refractivity contribution in [1.82, 2.24) is 9.13 Å². The molecule has 0 spiro atoms. The number of fused-ring (bicyclic) bond motifs is 1. The Kier molecular flexibility index (Phi) is 9.42. The molecule has 1 unspecified atom stereocenters. The second kappa shape index (κ2) is 12.1. The highest BCUT2D eigenvalue weighted by Gasteiger charge is 2.35. The Bertz CT molecular complexity index is 1400. The molecule has 12 heteroatoms. The van der Waals surface area contributed by atoms with Crippen molar-refractivity contribution in [3.63, 3.8) is 0 Å². The Morgan fingerprint density at radius 1 is 1.03 bits per heavy atom. The van der Waals surface area contributed by atoms with E-state index in [2.05, 4.69) is 0 Å². The minimum Gasteiger partial charge on any atom is -0.465 e. The van der Waals surface area contributed by atoms with Gasteiger partial charge < -0.3 is 18.6 Å². The molecule has 1 aliphatic rings. The molecule has 2 aromatic rings. The smallest absolute Gasteiger partial charge is 0.338 e. The van der Waals surface area contributed by atoms with E-state index in [9.17, 15) is 34.1 Å². The summed E-state index contributed by atoms with van der Waals surface area (Å²) >= 11 is 0. The lowest BCUT2D eigenvalue weighted by Gasteiger charge is -2.13. The topological polar surface area (TPSA) is 157 Å². The van der Waals surface area contributed by atoms with E-state index < -0.39 is 33.8 Å². The number of allylic oxidation sites excluding steroid dienone is 1. The van der Waals surface area contributed by atoms with E-state index >= 15 is 0 Å². The van der Waals surface area contributed by atoms with Crippen LogP contribution in [-0.4, -0.2) is 45.0 Å². The molecule has 3 rings (SSSR count). The van der Waals surface area contributed by atoms with Crippen LogP contribution in [0.1, 0.15) is 50.3 Å². The van der Waals surface area contributed by atoms with E-state index in [4.69, 9.17) is 9.47 Å². The Hall–Kier alpha value is -4.35. The number of nitrogens with zero attached hydrogens (tertiary/aromatic N) is 3. The quantitative estimate of drug-likeness (QED) is 0.232. The highest BCUT2D eigenvalue weighted by molar-refractivity contribution is 6.19. The van der Waals surface area contributed by atoms with Crippen molar-refractivity contribution >= 4 is 29.0 Å². The van der Waals surface area contributed by atoms with E-state index in [1.54, 1.807) is 33.2 Å². The predicted octanol–water partition coefficient (Wildman–Crippen LogP) is 1.81. The lowest BCUT2D eigenvalue weighted by atomic mass is 9.95. The molecule has 0 bridgehead atoms. The first kappa shape index (κ1) is 28.9. The van der Waals surface area contributed by atoms with Gasteiger partial charge in [0.2, 0.25) is 0 Å². The van der Waals surface area contributed by atoms with Gasteiger partial charge in [0, 0.05) is 38.5 Å². The fourth-order valence-corrected chi connectivity index (χ4v) is 3.94. The fraction of sp³-hybridized carbons (Fsp3) is 0.400. The molecule has 0 saturated heterocycles. The average Bonchev–Trinajstić information content (AvgIpc) is 3.16. The molecule has 0 fully saturated rings. The highest BCUT2D eigenvalue weighted by atomic mass is 16.6. The number of aryl methyl sites for hydroxylation is 2. The number of carbonyl (C=O) groups is 3. The number of esters is 2. The second-order valence-corrected chi connectivity index (χ2v) is 8.27. The van der Waals surface area contributed by atoms with Gasteiger partial charge in [-0.05, 0) is 45.4 Å². The van der Waals surface area contributed by atoms with E-state index in [0.29, 0.717) is 24.2 Å². The molecule has 37 heavy (non-hydrogen) atoms. The van der Waals surface area contributed by atoms with Crippen LogP contribution in [0, 0.1) is 10.1 Å². The normalized spacial score (nSPS) is 12.7. The number of pyridine rings is 2. The van der Waals surface area contributed by atoms with Gasteiger partial charge in [-0.3, -0.25) is 29.3 Å². The summed E-state index contributed by atoms with van der Waals surface area (Å²) in [4.78, 5) is 69.1. The SMILES string of the molecule is CCOC(=O)C(C(C)=O)c1ccn(C)c(=O)c1[N+](=O)[O-].CCOC(=O)C1=C(C)Cc2c1ccn(C)c2=O. The van der Waals surface area contributed by atoms with Gasteiger partial charge in [-0.2, -0.15) is 0 Å². The van der Waals surface area contributed by atoms with Gasteiger partial charge in [0.25, 0.3) is 5.56 Å². The number of carbonyl (C=O) groups excluding carboxylic acids is 3. The van der Waals surface area contributed by atoms with Gasteiger partial charge in [-0.25, -0.2) is 4.79 Å². The van der Waals surface area contributed by atoms with Crippen molar-refractivity contribution in [3.8, 4) is 0 Å². The molecule has 1 aliphatic carbocycles. The van der Waals surface area contributed by atoms with E-state index in [1.807, 2.05) is 6.92 Å². The second-order valence-electron chi connectivity index (χ2n) is 8.27. The summed E-state index contributed by atoms with van der Waals surface area (Å²) in [6.45, 7) is 6.67. The summed E-state index contributed by atoms with van der Waals surface area (Å²) in [5.74, 6) is -3.34. The number of hydrogen-bond acceptors (Lipinski definition) is 9. The molecule has 2 aromatic heterocycles. The molecule has 0 aromatic carbocycles. The Morgan fingerprint density at radius 3 is 2.14 bits per heavy atom. The van der Waals surface area contributed by atoms with Crippen molar-refractivity contribution in [2.24, 2.45) is 14.1 Å². The molecule has 2 heterocycles. The Balaban J connectivity index is 0.000000263. The van der Waals surface area contributed by atoms with Crippen LogP contribution >= 0.6 is 0 Å². The molecular weight excluding hydrogens is 486 g/mol. The minimum atomic E-state index is -1.47. The number of Topliss-reactive ketones (excluding diaryl/α,β-unsaturated/α-hetero) is 1. The van der Waals surface area contributed by atoms with Crippen molar-refractivity contribution in [2.45, 2.75) is 40.0 Å². The largest absolute Gasteiger partial charge is 0.465 e. The molecule has 0 amide bonds. The first-order valence-corrected chi connectivity index (χ1v) is 11.4. The van der Waals surface area contributed by atoms with Crippen LogP contribution in [0.3, 0.4) is 0 Å². The monoisotopic (exact) mass is 515 g/mol. The summed E-state index contributed by atoms with van der Waals surface area (Å²) in [5, 5.41) is 11.0. The minimum absolute atomic E-state index is 0.0290. The number of aromatic nitrogens is 2. The van der Waals surface area contributed by atoms with Crippen LogP contribution in [0.5, 0.6) is 0 Å². The number of rotatable bonds is 7. The molecule has 0 radical (unpaired) electrons. The van der Waals surface area contributed by atoms with E-state index in [1.165, 1.54) is 23.9 Å². The zero-order valence-corrected chi connectivity index (χ0v) is 21.5. The molecule has 12 nitrogen and oxygen atoms in total. The summed E-state index contributed by atoms with van der Waals surface area (Å²) in [6, 6.07) is 3.02. The lowest BCUT2D eigenvalue weighted by Crippen LogP contribution is -2.28. The number of ketones is 1. The van der Waals surface area contributed by atoms with Crippen molar-refractivity contribution in [2.75, 3.05) is 13.2 Å². The van der Waals surface area contributed by atoms with Crippen molar-refractivity contribution < 1.29 is 28.8 Å². The van der Waals surface area contributed by atoms with Crippen LogP contribution in [0.15, 0.2) is 39.7 Å². The molecule has 1 atom stereocenters. The number of ether oxygens (including phenoxy) is 2. The third-order valence-electron chi connectivity index (χ3n) is 5.68. The summed E-state index contributed by atoms with van der Waals surface area (Å²) in [6.07, 6.45) is 3.48. The van der Waals surface area contributed by atoms with E-state index in [0.717, 1.165) is 22.6 Å². The van der Waals surface area contributed by atoms with Gasteiger partial charge in [0.05, 0.1) is 29.3 Å². The molecular formula is C25H29N3O9. The number of nitro groups is 1. The van der Waals surface area contributed by atoms with Gasteiger partial charge in [-0.15, -0.1) is 0 Å². The standard InChI is InChI=1S/C13H15NO3.C12H14N2O6/c1-4-17-13(16)11-8(2)7-10-9(11)5-6-14(3)12(10)15;1-4-20-12(17)9(7(2)15)8-5-6-13(3)11(16)10(8)14(18)19/h5-6H,4,7H2,1-3H3;5-6,9H,4H2,1-3H3. The third kappa shape index (κ3) is 6.08. The van der Waals surface area contributed by atoms with Crippen LogP contribution in [0.4, 0.5) is 5.69 Å². The maximum Gasteiger partial charge on any atom is 0.338 e. The van der Waals surface area contributed by atoms with Crippen LogP contribution in [0.2, 0.25) is 0 Å².